The Bertz CT molecular complexity index is 1090. The predicted molar refractivity (Wildman–Crippen MR) is 112 cm³/mol. The van der Waals surface area contributed by atoms with Crippen molar-refractivity contribution in [2.24, 2.45) is 0 Å². The Kier molecular flexibility index (Phi) is 4.37. The van der Waals surface area contributed by atoms with Crippen molar-refractivity contribution in [3.63, 3.8) is 0 Å². The number of benzene rings is 1. The van der Waals surface area contributed by atoms with E-state index in [0.717, 1.165) is 47.4 Å². The first-order valence-corrected chi connectivity index (χ1v) is 8.77. The summed E-state index contributed by atoms with van der Waals surface area (Å²) in [7, 11) is 0. The molecule has 0 saturated carbocycles. The van der Waals surface area contributed by atoms with Gasteiger partial charge in [-0.2, -0.15) is 0 Å². The lowest BCUT2D eigenvalue weighted by Gasteiger charge is -2.39. The number of hydrogen-bond donors (Lipinski definition) is 2. The molecule has 138 valence electrons. The van der Waals surface area contributed by atoms with Crippen molar-refractivity contribution in [3.05, 3.63) is 55.5 Å². The predicted octanol–water partition coefficient (Wildman–Crippen LogP) is 3.63. The van der Waals surface area contributed by atoms with E-state index in [9.17, 15) is 0 Å². The molecule has 4 aromatic rings. The van der Waals surface area contributed by atoms with Gasteiger partial charge in [0.05, 0.1) is 11.4 Å². The van der Waals surface area contributed by atoms with Gasteiger partial charge in [-0.1, -0.05) is 24.3 Å². The first kappa shape index (κ1) is 17.6. The molecule has 5 rings (SSSR count). The Hall–Kier alpha value is -2.83. The minimum Gasteiger partial charge on any atom is -0.383 e. The van der Waals surface area contributed by atoms with Gasteiger partial charge in [-0.25, -0.2) is 9.97 Å². The maximum atomic E-state index is 6.23. The van der Waals surface area contributed by atoms with Gasteiger partial charge in [0, 0.05) is 48.0 Å². The summed E-state index contributed by atoms with van der Waals surface area (Å²) in [6, 6.07) is 10.8. The standard InChI is InChI=1S/C20H20N6.ClH/c1-2-7-25-9-14(10-25)26-11-15(18-19(21)22-12-23-20(18)26)17-8-13-5-3-4-6-16(13)24-17;/h2-6,8,11-12,14,24H,1,7,9-10H2,(H2,21,22,23);1H. The number of anilines is 1. The molecule has 1 aliphatic heterocycles. The molecule has 27 heavy (non-hydrogen) atoms. The highest BCUT2D eigenvalue weighted by molar-refractivity contribution is 6.02. The number of nitrogen functional groups attached to an aromatic ring is 1. The first-order chi connectivity index (χ1) is 12.7. The lowest BCUT2D eigenvalue weighted by molar-refractivity contribution is 0.125. The van der Waals surface area contributed by atoms with Crippen molar-refractivity contribution < 1.29 is 0 Å². The lowest BCUT2D eigenvalue weighted by atomic mass is 10.1. The topological polar surface area (TPSA) is 75.8 Å². The number of halogens is 1. The second-order valence-corrected chi connectivity index (χ2v) is 6.84. The number of likely N-dealkylation sites (tertiary alicyclic amines) is 1. The maximum Gasteiger partial charge on any atom is 0.146 e. The molecule has 0 atom stereocenters. The third-order valence-corrected chi connectivity index (χ3v) is 5.18. The monoisotopic (exact) mass is 380 g/mol. The number of hydrogen-bond acceptors (Lipinski definition) is 4. The molecule has 0 spiro atoms. The molecule has 1 saturated heterocycles. The fraction of sp³-hybridized carbons (Fsp3) is 0.200. The highest BCUT2D eigenvalue weighted by Gasteiger charge is 2.30. The minimum absolute atomic E-state index is 0. The molecule has 3 N–H and O–H groups in total. The number of fused-ring (bicyclic) bond motifs is 2. The first-order valence-electron chi connectivity index (χ1n) is 8.77. The van der Waals surface area contributed by atoms with Gasteiger partial charge >= 0.3 is 0 Å². The number of nitrogens with zero attached hydrogens (tertiary/aromatic N) is 4. The third kappa shape index (κ3) is 2.78. The molecule has 6 nitrogen and oxygen atoms in total. The van der Waals surface area contributed by atoms with Gasteiger partial charge in [0.25, 0.3) is 0 Å². The van der Waals surface area contributed by atoms with E-state index >= 15 is 0 Å². The van der Waals surface area contributed by atoms with Crippen LogP contribution in [0.15, 0.2) is 55.5 Å². The molecule has 3 aromatic heterocycles. The number of aromatic amines is 1. The summed E-state index contributed by atoms with van der Waals surface area (Å²) in [4.78, 5) is 14.6. The van der Waals surface area contributed by atoms with Crippen LogP contribution in [0.2, 0.25) is 0 Å². The highest BCUT2D eigenvalue weighted by atomic mass is 35.5. The summed E-state index contributed by atoms with van der Waals surface area (Å²) >= 11 is 0. The summed E-state index contributed by atoms with van der Waals surface area (Å²) in [6.45, 7) is 6.72. The van der Waals surface area contributed by atoms with E-state index in [1.165, 1.54) is 5.39 Å². The zero-order chi connectivity index (χ0) is 17.7. The van der Waals surface area contributed by atoms with E-state index in [2.05, 4.69) is 55.4 Å². The summed E-state index contributed by atoms with van der Waals surface area (Å²) in [5.74, 6) is 0.518. The average Bonchev–Trinajstić information content (AvgIpc) is 3.20. The number of aromatic nitrogens is 4. The molecule has 1 aliphatic rings. The van der Waals surface area contributed by atoms with Crippen LogP contribution in [-0.2, 0) is 0 Å². The molecular weight excluding hydrogens is 360 g/mol. The largest absolute Gasteiger partial charge is 0.383 e. The Labute approximate surface area is 163 Å². The van der Waals surface area contributed by atoms with Crippen LogP contribution in [0.3, 0.4) is 0 Å². The van der Waals surface area contributed by atoms with Crippen LogP contribution in [0.1, 0.15) is 6.04 Å². The number of H-pyrrole nitrogens is 1. The Morgan fingerprint density at radius 2 is 2.07 bits per heavy atom. The Morgan fingerprint density at radius 3 is 2.85 bits per heavy atom. The van der Waals surface area contributed by atoms with Gasteiger partial charge in [-0.05, 0) is 12.1 Å². The van der Waals surface area contributed by atoms with E-state index in [4.69, 9.17) is 5.73 Å². The van der Waals surface area contributed by atoms with Crippen LogP contribution in [0, 0.1) is 0 Å². The van der Waals surface area contributed by atoms with Crippen molar-refractivity contribution >= 4 is 40.2 Å². The molecule has 7 heteroatoms. The summed E-state index contributed by atoms with van der Waals surface area (Å²) in [5, 5.41) is 2.10. The molecule has 1 aromatic carbocycles. The van der Waals surface area contributed by atoms with Crippen molar-refractivity contribution in [3.8, 4) is 11.3 Å². The van der Waals surface area contributed by atoms with E-state index < -0.39 is 0 Å². The number of para-hydroxylation sites is 1. The zero-order valence-electron chi connectivity index (χ0n) is 14.8. The van der Waals surface area contributed by atoms with E-state index in [1.54, 1.807) is 6.33 Å². The summed E-state index contributed by atoms with van der Waals surface area (Å²) < 4.78 is 2.24. The van der Waals surface area contributed by atoms with E-state index in [-0.39, 0.29) is 12.4 Å². The van der Waals surface area contributed by atoms with Gasteiger partial charge in [0.2, 0.25) is 0 Å². The van der Waals surface area contributed by atoms with E-state index in [0.29, 0.717) is 11.9 Å². The van der Waals surface area contributed by atoms with Crippen molar-refractivity contribution in [2.75, 3.05) is 25.4 Å². The second kappa shape index (κ2) is 6.72. The van der Waals surface area contributed by atoms with E-state index in [1.807, 2.05) is 18.2 Å². The van der Waals surface area contributed by atoms with Gasteiger partial charge in [-0.3, -0.25) is 4.90 Å². The smallest absolute Gasteiger partial charge is 0.146 e. The van der Waals surface area contributed by atoms with Crippen LogP contribution < -0.4 is 5.73 Å². The average molecular weight is 381 g/mol. The molecule has 0 bridgehead atoms. The fourth-order valence-electron chi connectivity index (χ4n) is 3.86. The van der Waals surface area contributed by atoms with Gasteiger partial charge in [0.15, 0.2) is 0 Å². The van der Waals surface area contributed by atoms with Gasteiger partial charge in [0.1, 0.15) is 17.8 Å². The number of rotatable bonds is 4. The summed E-state index contributed by atoms with van der Waals surface area (Å²) in [5.41, 5.74) is 10.3. The molecule has 4 heterocycles. The molecule has 0 aliphatic carbocycles. The molecule has 1 fully saturated rings. The van der Waals surface area contributed by atoms with Crippen LogP contribution >= 0.6 is 12.4 Å². The minimum atomic E-state index is 0. The summed E-state index contributed by atoms with van der Waals surface area (Å²) in [6.07, 6.45) is 5.65. The SMILES string of the molecule is C=CCN1CC(n2cc(-c3cc4ccccc4[nH]3)c3c(N)ncnc32)C1.Cl. The van der Waals surface area contributed by atoms with Crippen molar-refractivity contribution in [1.82, 2.24) is 24.4 Å². The Balaban J connectivity index is 0.00000180. The maximum absolute atomic E-state index is 6.23. The molecule has 0 radical (unpaired) electrons. The van der Waals surface area contributed by atoms with Gasteiger partial charge < -0.3 is 15.3 Å². The number of nitrogens with two attached hydrogens (primary N) is 1. The third-order valence-electron chi connectivity index (χ3n) is 5.18. The van der Waals surface area contributed by atoms with Gasteiger partial charge in [-0.15, -0.1) is 19.0 Å². The Morgan fingerprint density at radius 1 is 1.26 bits per heavy atom. The van der Waals surface area contributed by atoms with Crippen LogP contribution in [0.25, 0.3) is 33.2 Å². The number of nitrogens with one attached hydrogen (secondary N) is 1. The molecular formula is C20H21ClN6. The fourth-order valence-corrected chi connectivity index (χ4v) is 3.86. The van der Waals surface area contributed by atoms with Crippen LogP contribution in [0.4, 0.5) is 5.82 Å². The molecule has 0 amide bonds. The van der Waals surface area contributed by atoms with Crippen LogP contribution in [-0.4, -0.2) is 44.1 Å². The van der Waals surface area contributed by atoms with Crippen LogP contribution in [0.5, 0.6) is 0 Å². The van der Waals surface area contributed by atoms with Crippen molar-refractivity contribution in [2.45, 2.75) is 6.04 Å². The van der Waals surface area contributed by atoms with Crippen molar-refractivity contribution in [1.29, 1.82) is 0 Å². The highest BCUT2D eigenvalue weighted by Crippen LogP contribution is 2.36. The quantitative estimate of drug-likeness (QED) is 0.530. The lowest BCUT2D eigenvalue weighted by Crippen LogP contribution is -2.47. The molecule has 0 unspecified atom stereocenters. The normalized spacial score (nSPS) is 15.0. The second-order valence-electron chi connectivity index (χ2n) is 6.84. The zero-order valence-corrected chi connectivity index (χ0v) is 15.6.